The molecule has 23 heavy (non-hydrogen) atoms. The monoisotopic (exact) mass is 329 g/mol. The molecule has 136 valence electrons. The maximum atomic E-state index is 11.6. The number of hydrogen-bond donors (Lipinski definition) is 1. The lowest BCUT2D eigenvalue weighted by Gasteiger charge is -2.08. The van der Waals surface area contributed by atoms with E-state index < -0.39 is 0 Å². The van der Waals surface area contributed by atoms with Gasteiger partial charge in [-0.15, -0.1) is 0 Å². The van der Waals surface area contributed by atoms with Gasteiger partial charge in [0.15, 0.2) is 0 Å². The van der Waals surface area contributed by atoms with E-state index in [1.54, 1.807) is 0 Å². The minimum Gasteiger partial charge on any atom is -0.379 e. The molecule has 1 amide bonds. The summed E-state index contributed by atoms with van der Waals surface area (Å²) in [6, 6.07) is 0. The van der Waals surface area contributed by atoms with Gasteiger partial charge in [-0.2, -0.15) is 0 Å². The fourth-order valence-corrected chi connectivity index (χ4v) is 1.98. The number of rotatable bonds is 16. The van der Waals surface area contributed by atoms with Crippen LogP contribution < -0.4 is 5.32 Å². The highest BCUT2D eigenvalue weighted by Crippen LogP contribution is 2.09. The summed E-state index contributed by atoms with van der Waals surface area (Å²) in [5, 5.41) is 2.83. The van der Waals surface area contributed by atoms with Crippen molar-refractivity contribution < 1.29 is 19.1 Å². The second kappa shape index (κ2) is 15.9. The average molecular weight is 329 g/mol. The molecule has 5 heteroatoms. The zero-order chi connectivity index (χ0) is 17.3. The average Bonchev–Trinajstić information content (AvgIpc) is 2.56. The Balaban J connectivity index is 3.33. The molecule has 1 unspecified atom stereocenters. The van der Waals surface area contributed by atoms with Gasteiger partial charge in [0.25, 0.3) is 0 Å². The number of carbonyl (C=O) groups excluding carboxylic acids is 2. The van der Waals surface area contributed by atoms with Crippen molar-refractivity contribution >= 4 is 11.7 Å². The van der Waals surface area contributed by atoms with Crippen molar-refractivity contribution in [3.8, 4) is 0 Å². The van der Waals surface area contributed by atoms with Crippen molar-refractivity contribution in [3.63, 3.8) is 0 Å². The van der Waals surface area contributed by atoms with Crippen LogP contribution in [0.5, 0.6) is 0 Å². The lowest BCUT2D eigenvalue weighted by molar-refractivity contribution is -0.123. The first-order chi connectivity index (χ1) is 11.1. The molecule has 0 aromatic rings. The highest BCUT2D eigenvalue weighted by atomic mass is 16.5. The van der Waals surface area contributed by atoms with E-state index in [2.05, 4.69) is 12.2 Å². The number of Topliss-reactive ketones (excluding diaryl/α,β-unsaturated/α-hetero) is 1. The molecule has 0 aromatic carbocycles. The number of unbranched alkanes of at least 4 members (excludes halogenated alkanes) is 2. The first-order valence-corrected chi connectivity index (χ1v) is 9.06. The van der Waals surface area contributed by atoms with E-state index in [0.29, 0.717) is 45.0 Å². The van der Waals surface area contributed by atoms with Crippen LogP contribution in [-0.2, 0) is 19.1 Å². The van der Waals surface area contributed by atoms with Gasteiger partial charge >= 0.3 is 0 Å². The molecule has 5 nitrogen and oxygen atoms in total. The molecule has 0 spiro atoms. The SMILES string of the molecule is CCCCOCCOCCNC(=O)CCCCC(=O)C(C)CC. The normalized spacial score (nSPS) is 12.1. The Kier molecular flexibility index (Phi) is 15.3. The molecule has 1 N–H and O–H groups in total. The minimum atomic E-state index is 0.0313. The van der Waals surface area contributed by atoms with Crippen molar-refractivity contribution in [1.82, 2.24) is 5.32 Å². The molecule has 0 aliphatic rings. The smallest absolute Gasteiger partial charge is 0.220 e. The molecular formula is C18H35NO4. The van der Waals surface area contributed by atoms with Crippen LogP contribution in [0, 0.1) is 5.92 Å². The van der Waals surface area contributed by atoms with E-state index in [9.17, 15) is 9.59 Å². The summed E-state index contributed by atoms with van der Waals surface area (Å²) in [6.45, 7) is 9.12. The zero-order valence-corrected chi connectivity index (χ0v) is 15.2. The Bertz CT molecular complexity index is 307. The van der Waals surface area contributed by atoms with Crippen molar-refractivity contribution in [3.05, 3.63) is 0 Å². The van der Waals surface area contributed by atoms with Gasteiger partial charge in [-0.25, -0.2) is 0 Å². The predicted molar refractivity (Wildman–Crippen MR) is 92.5 cm³/mol. The van der Waals surface area contributed by atoms with Gasteiger partial charge in [0.05, 0.1) is 19.8 Å². The van der Waals surface area contributed by atoms with E-state index in [1.807, 2.05) is 13.8 Å². The molecule has 0 rings (SSSR count). The second-order valence-corrected chi connectivity index (χ2v) is 5.91. The van der Waals surface area contributed by atoms with E-state index in [-0.39, 0.29) is 11.8 Å². The molecular weight excluding hydrogens is 294 g/mol. The molecule has 0 radical (unpaired) electrons. The lowest BCUT2D eigenvalue weighted by Crippen LogP contribution is -2.27. The second-order valence-electron chi connectivity index (χ2n) is 5.91. The van der Waals surface area contributed by atoms with Gasteiger partial charge in [-0.3, -0.25) is 9.59 Å². The molecule has 0 heterocycles. The molecule has 0 fully saturated rings. The number of ketones is 1. The number of ether oxygens (including phenoxy) is 2. The van der Waals surface area contributed by atoms with Crippen LogP contribution in [0.1, 0.15) is 65.7 Å². The van der Waals surface area contributed by atoms with Crippen molar-refractivity contribution in [2.75, 3.05) is 33.0 Å². The Morgan fingerprint density at radius 3 is 2.22 bits per heavy atom. The van der Waals surface area contributed by atoms with Crippen molar-refractivity contribution in [1.29, 1.82) is 0 Å². The van der Waals surface area contributed by atoms with Crippen molar-refractivity contribution in [2.24, 2.45) is 5.92 Å². The molecule has 0 aromatic heterocycles. The third-order valence-corrected chi connectivity index (χ3v) is 3.82. The summed E-state index contributed by atoms with van der Waals surface area (Å²) in [4.78, 5) is 23.3. The van der Waals surface area contributed by atoms with Crippen LogP contribution in [0.3, 0.4) is 0 Å². The number of carbonyl (C=O) groups is 2. The molecule has 0 aliphatic heterocycles. The fourth-order valence-electron chi connectivity index (χ4n) is 1.98. The summed E-state index contributed by atoms with van der Waals surface area (Å²) in [5.74, 6) is 0.484. The van der Waals surface area contributed by atoms with Crippen LogP contribution >= 0.6 is 0 Å². The molecule has 0 saturated carbocycles. The quantitative estimate of drug-likeness (QED) is 0.442. The van der Waals surface area contributed by atoms with E-state index in [1.165, 1.54) is 0 Å². The highest BCUT2D eigenvalue weighted by Gasteiger charge is 2.10. The van der Waals surface area contributed by atoms with Crippen LogP contribution in [0.2, 0.25) is 0 Å². The van der Waals surface area contributed by atoms with Gasteiger partial charge in [-0.05, 0) is 25.7 Å². The summed E-state index contributed by atoms with van der Waals surface area (Å²) in [7, 11) is 0. The van der Waals surface area contributed by atoms with Crippen LogP contribution in [0.25, 0.3) is 0 Å². The molecule has 0 bridgehead atoms. The van der Waals surface area contributed by atoms with Gasteiger partial charge in [0.1, 0.15) is 5.78 Å². The van der Waals surface area contributed by atoms with E-state index in [4.69, 9.17) is 9.47 Å². The third kappa shape index (κ3) is 14.4. The molecule has 0 aliphatic carbocycles. The minimum absolute atomic E-state index is 0.0313. The number of hydrogen-bond acceptors (Lipinski definition) is 4. The maximum Gasteiger partial charge on any atom is 0.220 e. The largest absolute Gasteiger partial charge is 0.379 e. The summed E-state index contributed by atoms with van der Waals surface area (Å²) in [5.41, 5.74) is 0. The maximum absolute atomic E-state index is 11.6. The van der Waals surface area contributed by atoms with Crippen LogP contribution in [0.15, 0.2) is 0 Å². The summed E-state index contributed by atoms with van der Waals surface area (Å²) < 4.78 is 10.7. The van der Waals surface area contributed by atoms with Gasteiger partial charge in [0.2, 0.25) is 5.91 Å². The Morgan fingerprint density at radius 2 is 1.57 bits per heavy atom. The van der Waals surface area contributed by atoms with E-state index in [0.717, 1.165) is 38.7 Å². The van der Waals surface area contributed by atoms with Gasteiger partial charge in [0, 0.05) is 31.9 Å². The lowest BCUT2D eigenvalue weighted by atomic mass is 9.99. The first-order valence-electron chi connectivity index (χ1n) is 9.06. The fraction of sp³-hybridized carbons (Fsp3) is 0.889. The summed E-state index contributed by atoms with van der Waals surface area (Å²) >= 11 is 0. The van der Waals surface area contributed by atoms with Gasteiger partial charge in [-0.1, -0.05) is 27.2 Å². The van der Waals surface area contributed by atoms with Crippen LogP contribution in [-0.4, -0.2) is 44.7 Å². The Labute approximate surface area is 141 Å². The highest BCUT2D eigenvalue weighted by molar-refractivity contribution is 5.80. The standard InChI is InChI=1S/C18H35NO4/c1-4-6-12-22-14-15-23-13-11-19-18(21)10-8-7-9-17(20)16(3)5-2/h16H,4-15H2,1-3H3,(H,19,21). The predicted octanol–water partition coefficient (Wildman–Crippen LogP) is 3.11. The third-order valence-electron chi connectivity index (χ3n) is 3.82. The number of nitrogens with one attached hydrogen (secondary N) is 1. The molecule has 1 atom stereocenters. The summed E-state index contributed by atoms with van der Waals surface area (Å²) in [6.07, 6.45) is 5.74. The van der Waals surface area contributed by atoms with Gasteiger partial charge < -0.3 is 14.8 Å². The Morgan fingerprint density at radius 1 is 0.913 bits per heavy atom. The number of amides is 1. The first kappa shape index (κ1) is 22.1. The Hall–Kier alpha value is -0.940. The van der Waals surface area contributed by atoms with Crippen LogP contribution in [0.4, 0.5) is 0 Å². The zero-order valence-electron chi connectivity index (χ0n) is 15.2. The van der Waals surface area contributed by atoms with E-state index >= 15 is 0 Å². The molecule has 0 saturated heterocycles. The topological polar surface area (TPSA) is 64.6 Å². The van der Waals surface area contributed by atoms with Crippen molar-refractivity contribution in [2.45, 2.75) is 65.7 Å².